The lowest BCUT2D eigenvalue weighted by Crippen LogP contribution is -2.28. The number of aromatic nitrogens is 4. The van der Waals surface area contributed by atoms with E-state index in [0.717, 1.165) is 25.1 Å². The van der Waals surface area contributed by atoms with E-state index in [1.54, 1.807) is 12.4 Å². The Morgan fingerprint density at radius 3 is 3.24 bits per heavy atom. The zero-order valence-electron chi connectivity index (χ0n) is 11.5. The molecule has 3 rings (SSSR count). The lowest BCUT2D eigenvalue weighted by Gasteiger charge is -2.31. The van der Waals surface area contributed by atoms with Gasteiger partial charge in [0.15, 0.2) is 5.69 Å². The zero-order valence-corrected chi connectivity index (χ0v) is 11.5. The minimum Gasteiger partial charge on any atom is -0.372 e. The molecular weight excluding hydrogens is 268 g/mol. The summed E-state index contributed by atoms with van der Waals surface area (Å²) in [5.74, 6) is 0.940. The van der Waals surface area contributed by atoms with Crippen molar-refractivity contribution in [1.29, 1.82) is 5.26 Å². The quantitative estimate of drug-likeness (QED) is 0.885. The molecule has 0 saturated carbocycles. The van der Waals surface area contributed by atoms with Crippen molar-refractivity contribution < 1.29 is 4.74 Å². The SMILES string of the molecule is N#Cc1cncc(NC[C@@H]2CCCO[C@H]2c2ccn[nH]2)n1. The van der Waals surface area contributed by atoms with Gasteiger partial charge in [-0.3, -0.25) is 10.1 Å². The van der Waals surface area contributed by atoms with Crippen LogP contribution in [0, 0.1) is 17.2 Å². The smallest absolute Gasteiger partial charge is 0.161 e. The van der Waals surface area contributed by atoms with Crippen LogP contribution in [-0.2, 0) is 4.74 Å². The van der Waals surface area contributed by atoms with Gasteiger partial charge in [0.25, 0.3) is 0 Å². The monoisotopic (exact) mass is 284 g/mol. The molecule has 1 saturated heterocycles. The number of nitrogens with one attached hydrogen (secondary N) is 2. The molecule has 2 aromatic rings. The number of nitriles is 1. The first-order valence-corrected chi connectivity index (χ1v) is 6.93. The Labute approximate surface area is 122 Å². The van der Waals surface area contributed by atoms with Crippen molar-refractivity contribution in [2.24, 2.45) is 5.92 Å². The van der Waals surface area contributed by atoms with Crippen molar-refractivity contribution in [2.75, 3.05) is 18.5 Å². The van der Waals surface area contributed by atoms with Crippen molar-refractivity contribution in [3.8, 4) is 6.07 Å². The lowest BCUT2D eigenvalue weighted by molar-refractivity contribution is -0.0264. The van der Waals surface area contributed by atoms with Crippen molar-refractivity contribution in [1.82, 2.24) is 20.2 Å². The highest BCUT2D eigenvalue weighted by Crippen LogP contribution is 2.32. The number of anilines is 1. The van der Waals surface area contributed by atoms with Crippen LogP contribution in [0.3, 0.4) is 0 Å². The zero-order chi connectivity index (χ0) is 14.5. The molecule has 7 nitrogen and oxygen atoms in total. The minimum absolute atomic E-state index is 0.0147. The van der Waals surface area contributed by atoms with E-state index in [1.165, 1.54) is 6.20 Å². The fourth-order valence-corrected chi connectivity index (χ4v) is 2.56. The van der Waals surface area contributed by atoms with Crippen molar-refractivity contribution in [3.63, 3.8) is 0 Å². The van der Waals surface area contributed by atoms with Crippen LogP contribution in [0.25, 0.3) is 0 Å². The van der Waals surface area contributed by atoms with Crippen LogP contribution in [0.5, 0.6) is 0 Å². The Bertz CT molecular complexity index is 621. The summed E-state index contributed by atoms with van der Waals surface area (Å²) in [6, 6.07) is 3.93. The van der Waals surface area contributed by atoms with Gasteiger partial charge in [0, 0.05) is 25.3 Å². The molecule has 108 valence electrons. The van der Waals surface area contributed by atoms with E-state index in [1.807, 2.05) is 12.1 Å². The van der Waals surface area contributed by atoms with Gasteiger partial charge in [-0.2, -0.15) is 10.4 Å². The van der Waals surface area contributed by atoms with Gasteiger partial charge in [0.2, 0.25) is 0 Å². The van der Waals surface area contributed by atoms with Gasteiger partial charge in [0.05, 0.1) is 18.1 Å². The number of nitrogens with zero attached hydrogens (tertiary/aromatic N) is 4. The van der Waals surface area contributed by atoms with Crippen molar-refractivity contribution in [2.45, 2.75) is 18.9 Å². The summed E-state index contributed by atoms with van der Waals surface area (Å²) in [7, 11) is 0. The fraction of sp³-hybridized carbons (Fsp3) is 0.429. The van der Waals surface area contributed by atoms with Crippen LogP contribution in [0.2, 0.25) is 0 Å². The largest absolute Gasteiger partial charge is 0.372 e. The summed E-state index contributed by atoms with van der Waals surface area (Å²) >= 11 is 0. The summed E-state index contributed by atoms with van der Waals surface area (Å²) in [5.41, 5.74) is 1.31. The van der Waals surface area contributed by atoms with Gasteiger partial charge >= 0.3 is 0 Å². The third kappa shape index (κ3) is 3.17. The Kier molecular flexibility index (Phi) is 4.07. The van der Waals surface area contributed by atoms with Gasteiger partial charge in [-0.15, -0.1) is 0 Å². The van der Waals surface area contributed by atoms with Crippen LogP contribution in [0.4, 0.5) is 5.82 Å². The molecule has 1 aliphatic rings. The highest BCUT2D eigenvalue weighted by atomic mass is 16.5. The molecule has 7 heteroatoms. The second-order valence-corrected chi connectivity index (χ2v) is 4.99. The normalized spacial score (nSPS) is 21.7. The summed E-state index contributed by atoms with van der Waals surface area (Å²) in [4.78, 5) is 8.16. The first kappa shape index (κ1) is 13.5. The average molecular weight is 284 g/mol. The molecule has 21 heavy (non-hydrogen) atoms. The number of aromatic amines is 1. The van der Waals surface area contributed by atoms with Gasteiger partial charge in [-0.1, -0.05) is 0 Å². The summed E-state index contributed by atoms with van der Waals surface area (Å²) in [6.45, 7) is 1.48. The van der Waals surface area contributed by atoms with Gasteiger partial charge in [0.1, 0.15) is 18.0 Å². The topological polar surface area (TPSA) is 99.5 Å². The Morgan fingerprint density at radius 2 is 2.43 bits per heavy atom. The maximum absolute atomic E-state index is 8.83. The van der Waals surface area contributed by atoms with E-state index in [2.05, 4.69) is 25.5 Å². The molecule has 0 spiro atoms. The summed E-state index contributed by atoms with van der Waals surface area (Å²) in [6.07, 6.45) is 6.93. The van der Waals surface area contributed by atoms with Crippen molar-refractivity contribution in [3.05, 3.63) is 36.0 Å². The predicted molar refractivity (Wildman–Crippen MR) is 75.2 cm³/mol. The summed E-state index contributed by atoms with van der Waals surface area (Å²) < 4.78 is 5.87. The molecule has 0 amide bonds. The van der Waals surface area contributed by atoms with Gasteiger partial charge in [-0.05, 0) is 18.9 Å². The van der Waals surface area contributed by atoms with Gasteiger partial charge in [-0.25, -0.2) is 4.98 Å². The molecule has 2 atom stereocenters. The fourth-order valence-electron chi connectivity index (χ4n) is 2.56. The molecular formula is C14H16N6O. The van der Waals surface area contributed by atoms with Gasteiger partial charge < -0.3 is 10.1 Å². The van der Waals surface area contributed by atoms with E-state index < -0.39 is 0 Å². The highest BCUT2D eigenvalue weighted by Gasteiger charge is 2.28. The minimum atomic E-state index is 0.0147. The summed E-state index contributed by atoms with van der Waals surface area (Å²) in [5, 5.41) is 19.0. The predicted octanol–water partition coefficient (Wildman–Crippen LogP) is 1.65. The molecule has 0 radical (unpaired) electrons. The number of hydrogen-bond donors (Lipinski definition) is 2. The molecule has 0 aliphatic carbocycles. The number of H-pyrrole nitrogens is 1. The first-order valence-electron chi connectivity index (χ1n) is 6.93. The van der Waals surface area contributed by atoms with Crippen LogP contribution >= 0.6 is 0 Å². The standard InChI is InChI=1S/C14H16N6O/c15-6-11-8-16-9-13(19-11)17-7-10-2-1-5-21-14(10)12-3-4-18-20-12/h3-4,8-10,14H,1-2,5,7H2,(H,17,19)(H,18,20)/t10-,14+/m0/s1. The molecule has 2 N–H and O–H groups in total. The Morgan fingerprint density at radius 1 is 1.48 bits per heavy atom. The Hall–Kier alpha value is -2.46. The Balaban J connectivity index is 1.66. The average Bonchev–Trinajstić information content (AvgIpc) is 3.08. The molecule has 0 bridgehead atoms. The highest BCUT2D eigenvalue weighted by molar-refractivity contribution is 5.34. The van der Waals surface area contributed by atoms with Crippen molar-refractivity contribution >= 4 is 5.82 Å². The molecule has 2 aromatic heterocycles. The maximum Gasteiger partial charge on any atom is 0.161 e. The van der Waals surface area contributed by atoms with E-state index in [4.69, 9.17) is 10.00 Å². The maximum atomic E-state index is 8.83. The molecule has 1 aliphatic heterocycles. The second-order valence-electron chi connectivity index (χ2n) is 4.99. The van der Waals surface area contributed by atoms with Crippen LogP contribution < -0.4 is 5.32 Å². The number of ether oxygens (including phenoxy) is 1. The van der Waals surface area contributed by atoms with E-state index >= 15 is 0 Å². The molecule has 0 unspecified atom stereocenters. The molecule has 1 fully saturated rings. The van der Waals surface area contributed by atoms with Crippen LogP contribution in [-0.4, -0.2) is 33.3 Å². The molecule has 0 aromatic carbocycles. The van der Waals surface area contributed by atoms with Crippen LogP contribution in [0.1, 0.15) is 30.3 Å². The third-order valence-corrected chi connectivity index (χ3v) is 3.57. The molecule has 3 heterocycles. The van der Waals surface area contributed by atoms with Crippen LogP contribution in [0.15, 0.2) is 24.7 Å². The van der Waals surface area contributed by atoms with E-state index in [9.17, 15) is 0 Å². The number of rotatable bonds is 4. The lowest BCUT2D eigenvalue weighted by atomic mass is 9.92. The number of hydrogen-bond acceptors (Lipinski definition) is 6. The third-order valence-electron chi connectivity index (χ3n) is 3.57. The first-order chi connectivity index (χ1) is 10.4. The van der Waals surface area contributed by atoms with E-state index in [-0.39, 0.29) is 6.10 Å². The second kappa shape index (κ2) is 6.33. The van der Waals surface area contributed by atoms with E-state index in [0.29, 0.717) is 24.0 Å².